The summed E-state index contributed by atoms with van der Waals surface area (Å²) in [7, 11) is 0. The van der Waals surface area contributed by atoms with Crippen molar-refractivity contribution in [3.05, 3.63) is 74.8 Å². The van der Waals surface area contributed by atoms with Gasteiger partial charge in [0.2, 0.25) is 0 Å². The maximum atomic E-state index is 13.4. The van der Waals surface area contributed by atoms with Crippen LogP contribution < -0.4 is 0 Å². The van der Waals surface area contributed by atoms with Crippen molar-refractivity contribution in [3.63, 3.8) is 0 Å². The quantitative estimate of drug-likeness (QED) is 0.514. The summed E-state index contributed by atoms with van der Waals surface area (Å²) in [5.41, 5.74) is -2.95. The molecule has 0 aromatic heterocycles. The number of rotatable bonds is 4. The topological polar surface area (TPSA) is 37.3 Å². The molecule has 2 aromatic rings. The fourth-order valence-electron chi connectivity index (χ4n) is 2.41. The highest BCUT2D eigenvalue weighted by molar-refractivity contribution is 6.42. The first kappa shape index (κ1) is 22.1. The summed E-state index contributed by atoms with van der Waals surface area (Å²) in [6.45, 7) is 0. The number of carboxylic acid groups (broad SMARTS) is 1. The molecule has 0 aliphatic rings. The second kappa shape index (κ2) is 8.05. The Morgan fingerprint density at radius 3 is 2.11 bits per heavy atom. The average Bonchev–Trinajstić information content (AvgIpc) is 2.56. The summed E-state index contributed by atoms with van der Waals surface area (Å²) in [4.78, 5) is 10.9. The van der Waals surface area contributed by atoms with Crippen LogP contribution in [-0.2, 0) is 6.18 Å². The Morgan fingerprint density at radius 1 is 0.964 bits per heavy atom. The molecule has 0 heterocycles. The SMILES string of the molecule is O=C(O)c1ccc(C=CC(c2ccc(Cl)c(Cl)c2)C(F)(F)F)cc1C(F)(F)F. The van der Waals surface area contributed by atoms with E-state index in [1.54, 1.807) is 0 Å². The summed E-state index contributed by atoms with van der Waals surface area (Å²) in [5.74, 6) is -3.96. The van der Waals surface area contributed by atoms with Crippen LogP contribution in [0.5, 0.6) is 0 Å². The normalized spacial score (nSPS) is 13.7. The van der Waals surface area contributed by atoms with Gasteiger partial charge in [0.05, 0.1) is 27.1 Å². The molecule has 1 N–H and O–H groups in total. The van der Waals surface area contributed by atoms with Gasteiger partial charge in [-0.15, -0.1) is 0 Å². The molecule has 0 saturated heterocycles. The lowest BCUT2D eigenvalue weighted by atomic mass is 9.96. The van der Waals surface area contributed by atoms with Gasteiger partial charge in [-0.25, -0.2) is 4.79 Å². The van der Waals surface area contributed by atoms with E-state index in [0.29, 0.717) is 18.2 Å². The number of alkyl halides is 6. The van der Waals surface area contributed by atoms with Gasteiger partial charge in [-0.3, -0.25) is 0 Å². The van der Waals surface area contributed by atoms with Gasteiger partial charge in [0.15, 0.2) is 0 Å². The van der Waals surface area contributed by atoms with Crippen LogP contribution in [0.15, 0.2) is 42.5 Å². The van der Waals surface area contributed by atoms with Crippen molar-refractivity contribution in [2.75, 3.05) is 0 Å². The average molecular weight is 443 g/mol. The van der Waals surface area contributed by atoms with E-state index < -0.39 is 35.4 Å². The highest BCUT2D eigenvalue weighted by Crippen LogP contribution is 2.39. The lowest BCUT2D eigenvalue weighted by Gasteiger charge is -2.18. The van der Waals surface area contributed by atoms with E-state index in [0.717, 1.165) is 24.3 Å². The van der Waals surface area contributed by atoms with Gasteiger partial charge < -0.3 is 5.11 Å². The Kier molecular flexibility index (Phi) is 6.35. The Balaban J connectivity index is 2.48. The molecule has 2 nitrogen and oxygen atoms in total. The van der Waals surface area contributed by atoms with Crippen LogP contribution in [0.3, 0.4) is 0 Å². The lowest BCUT2D eigenvalue weighted by molar-refractivity contribution is -0.139. The Morgan fingerprint density at radius 2 is 1.61 bits per heavy atom. The summed E-state index contributed by atoms with van der Waals surface area (Å²) in [5, 5.41) is 8.80. The number of hydrogen-bond acceptors (Lipinski definition) is 1. The number of allylic oxidation sites excluding steroid dienone is 1. The van der Waals surface area contributed by atoms with Gasteiger partial charge in [-0.1, -0.05) is 47.5 Å². The van der Waals surface area contributed by atoms with E-state index in [2.05, 4.69) is 0 Å². The van der Waals surface area contributed by atoms with Crippen molar-refractivity contribution in [2.24, 2.45) is 0 Å². The molecule has 0 aliphatic carbocycles. The predicted molar refractivity (Wildman–Crippen MR) is 92.7 cm³/mol. The minimum Gasteiger partial charge on any atom is -0.478 e. The number of carboxylic acids is 1. The maximum Gasteiger partial charge on any atom is 0.417 e. The molecule has 0 spiro atoms. The zero-order chi connectivity index (χ0) is 21.3. The zero-order valence-electron chi connectivity index (χ0n) is 13.6. The number of carbonyl (C=O) groups is 1. The second-order valence-corrected chi connectivity index (χ2v) is 6.47. The number of halogens is 8. The molecule has 2 aromatic carbocycles. The molecule has 1 atom stereocenters. The molecule has 1 unspecified atom stereocenters. The molecule has 10 heteroatoms. The van der Waals surface area contributed by atoms with E-state index in [1.165, 1.54) is 6.07 Å². The highest BCUT2D eigenvalue weighted by atomic mass is 35.5. The van der Waals surface area contributed by atoms with Crippen LogP contribution >= 0.6 is 23.2 Å². The third kappa shape index (κ3) is 5.20. The third-order valence-corrected chi connectivity index (χ3v) is 4.46. The van der Waals surface area contributed by atoms with Crippen LogP contribution in [0.4, 0.5) is 26.3 Å². The summed E-state index contributed by atoms with van der Waals surface area (Å²) in [6, 6.07) is 5.44. The molecule has 0 amide bonds. The van der Waals surface area contributed by atoms with Crippen molar-refractivity contribution in [1.29, 1.82) is 0 Å². The van der Waals surface area contributed by atoms with Crippen LogP contribution in [0.2, 0.25) is 10.0 Å². The summed E-state index contributed by atoms with van der Waals surface area (Å²) < 4.78 is 79.3. The molecular formula is C18H10Cl2F6O2. The number of aromatic carboxylic acids is 1. The van der Waals surface area contributed by atoms with Gasteiger partial charge in [-0.05, 0) is 35.4 Å². The first-order chi connectivity index (χ1) is 12.8. The van der Waals surface area contributed by atoms with Crippen molar-refractivity contribution in [2.45, 2.75) is 18.3 Å². The standard InChI is InChI=1S/C18H10Cl2F6O2/c19-14-6-3-10(8-15(14)20)12(17(21,22)23)5-2-9-1-4-11(16(27)28)13(7-9)18(24,25)26/h1-8,12H,(H,27,28). The molecule has 2 rings (SSSR count). The maximum absolute atomic E-state index is 13.4. The second-order valence-electron chi connectivity index (χ2n) is 5.66. The van der Waals surface area contributed by atoms with E-state index >= 15 is 0 Å². The lowest BCUT2D eigenvalue weighted by Crippen LogP contribution is -2.19. The first-order valence-electron chi connectivity index (χ1n) is 7.45. The molecule has 0 aliphatic heterocycles. The Labute approximate surface area is 165 Å². The van der Waals surface area contributed by atoms with Gasteiger partial charge in [0.1, 0.15) is 0 Å². The van der Waals surface area contributed by atoms with Crippen molar-refractivity contribution >= 4 is 35.2 Å². The van der Waals surface area contributed by atoms with Gasteiger partial charge in [-0.2, -0.15) is 26.3 Å². The van der Waals surface area contributed by atoms with Crippen LogP contribution in [-0.4, -0.2) is 17.3 Å². The molecular weight excluding hydrogens is 433 g/mol. The summed E-state index contributed by atoms with van der Waals surface area (Å²) in [6.07, 6.45) is -8.23. The fourth-order valence-corrected chi connectivity index (χ4v) is 2.72. The Bertz CT molecular complexity index is 919. The minimum atomic E-state index is -4.98. The zero-order valence-corrected chi connectivity index (χ0v) is 15.1. The molecule has 28 heavy (non-hydrogen) atoms. The Hall–Kier alpha value is -2.19. The number of hydrogen-bond donors (Lipinski definition) is 1. The minimum absolute atomic E-state index is 0.0504. The van der Waals surface area contributed by atoms with Crippen LogP contribution in [0.1, 0.15) is 33.0 Å². The molecule has 0 fully saturated rings. The first-order valence-corrected chi connectivity index (χ1v) is 8.20. The fraction of sp³-hybridized carbons (Fsp3) is 0.167. The van der Waals surface area contributed by atoms with Gasteiger partial charge in [0.25, 0.3) is 0 Å². The predicted octanol–water partition coefficient (Wildman–Crippen LogP) is 7.07. The monoisotopic (exact) mass is 442 g/mol. The molecule has 150 valence electrons. The van der Waals surface area contributed by atoms with Gasteiger partial charge in [0, 0.05) is 0 Å². The van der Waals surface area contributed by atoms with E-state index in [1.807, 2.05) is 0 Å². The van der Waals surface area contributed by atoms with E-state index in [9.17, 15) is 31.1 Å². The third-order valence-electron chi connectivity index (χ3n) is 3.72. The highest BCUT2D eigenvalue weighted by Gasteiger charge is 2.39. The van der Waals surface area contributed by atoms with Crippen molar-refractivity contribution < 1.29 is 36.2 Å². The van der Waals surface area contributed by atoms with E-state index in [-0.39, 0.29) is 21.2 Å². The smallest absolute Gasteiger partial charge is 0.417 e. The van der Waals surface area contributed by atoms with Crippen LogP contribution in [0, 0.1) is 0 Å². The van der Waals surface area contributed by atoms with Gasteiger partial charge >= 0.3 is 18.3 Å². The largest absolute Gasteiger partial charge is 0.478 e. The van der Waals surface area contributed by atoms with Crippen molar-refractivity contribution in [3.8, 4) is 0 Å². The molecule has 0 saturated carbocycles. The molecule has 0 bridgehead atoms. The molecule has 0 radical (unpaired) electrons. The van der Waals surface area contributed by atoms with E-state index in [4.69, 9.17) is 28.3 Å². The van der Waals surface area contributed by atoms with Crippen LogP contribution in [0.25, 0.3) is 6.08 Å². The summed E-state index contributed by atoms with van der Waals surface area (Å²) >= 11 is 11.4. The number of benzene rings is 2. The van der Waals surface area contributed by atoms with Crippen molar-refractivity contribution in [1.82, 2.24) is 0 Å².